The molecule has 1 unspecified atom stereocenters. The first-order valence-corrected chi connectivity index (χ1v) is 9.70. The number of methoxy groups -OCH3 is 1. The number of ether oxygens (including phenoxy) is 1. The second kappa shape index (κ2) is 8.89. The predicted octanol–water partition coefficient (Wildman–Crippen LogP) is 2.85. The number of nitrogens with zero attached hydrogens (tertiary/aromatic N) is 3. The third kappa shape index (κ3) is 4.34. The molecular formula is C21H27N5O2. The highest BCUT2D eigenvalue weighted by Gasteiger charge is 2.24. The van der Waals surface area contributed by atoms with Gasteiger partial charge in [0.05, 0.1) is 12.8 Å². The standard InChI is InChI=1S/C21H27N5O2/c1-14(2)18(26-10-4-5-11-26)13-23-21-24-19(17(12-22)20(27)25-21)15-6-8-16(28-3)9-7-15/h6-9,14,18H,4-5,10-11,13H2,1-3H3,(H2,23,24,25,27). The topological polar surface area (TPSA) is 94.0 Å². The molecule has 28 heavy (non-hydrogen) atoms. The van der Waals surface area contributed by atoms with Gasteiger partial charge in [0.15, 0.2) is 0 Å². The van der Waals surface area contributed by atoms with Crippen LogP contribution in [0.2, 0.25) is 0 Å². The van der Waals surface area contributed by atoms with E-state index in [4.69, 9.17) is 4.74 Å². The quantitative estimate of drug-likeness (QED) is 0.766. The molecule has 2 heterocycles. The zero-order chi connectivity index (χ0) is 20.1. The van der Waals surface area contributed by atoms with E-state index >= 15 is 0 Å². The molecule has 0 amide bonds. The van der Waals surface area contributed by atoms with E-state index in [1.54, 1.807) is 31.4 Å². The zero-order valence-electron chi connectivity index (χ0n) is 16.7. The number of likely N-dealkylation sites (tertiary alicyclic amines) is 1. The SMILES string of the molecule is COc1ccc(-c2nc(NCC(C(C)C)N3CCCC3)[nH]c(=O)c2C#N)cc1. The van der Waals surface area contributed by atoms with Crippen LogP contribution in [-0.2, 0) is 0 Å². The minimum absolute atomic E-state index is 0.00988. The number of hydrogen-bond donors (Lipinski definition) is 2. The van der Waals surface area contributed by atoms with Crippen LogP contribution in [0.3, 0.4) is 0 Å². The van der Waals surface area contributed by atoms with Gasteiger partial charge in [-0.2, -0.15) is 5.26 Å². The smallest absolute Gasteiger partial charge is 0.270 e. The van der Waals surface area contributed by atoms with Crippen molar-refractivity contribution in [3.8, 4) is 23.1 Å². The molecule has 2 aromatic rings. The van der Waals surface area contributed by atoms with Crippen LogP contribution in [0.15, 0.2) is 29.1 Å². The molecule has 1 aromatic carbocycles. The Kier molecular flexibility index (Phi) is 6.32. The van der Waals surface area contributed by atoms with Crippen LogP contribution in [0.4, 0.5) is 5.95 Å². The maximum atomic E-state index is 12.4. The van der Waals surface area contributed by atoms with Gasteiger partial charge in [-0.05, 0) is 56.1 Å². The summed E-state index contributed by atoms with van der Waals surface area (Å²) in [4.78, 5) is 22.2. The highest BCUT2D eigenvalue weighted by atomic mass is 16.5. The summed E-state index contributed by atoms with van der Waals surface area (Å²) in [6, 6.07) is 9.51. The van der Waals surface area contributed by atoms with Gasteiger partial charge in [-0.15, -0.1) is 0 Å². The van der Waals surface area contributed by atoms with Gasteiger partial charge in [0.2, 0.25) is 5.95 Å². The van der Waals surface area contributed by atoms with Gasteiger partial charge in [-0.3, -0.25) is 14.7 Å². The van der Waals surface area contributed by atoms with Crippen LogP contribution in [-0.4, -0.2) is 47.7 Å². The second-order valence-electron chi connectivity index (χ2n) is 7.41. The fourth-order valence-corrected chi connectivity index (χ4v) is 3.68. The van der Waals surface area contributed by atoms with Crippen LogP contribution in [0.1, 0.15) is 32.3 Å². The van der Waals surface area contributed by atoms with E-state index in [1.807, 2.05) is 6.07 Å². The maximum absolute atomic E-state index is 12.4. The molecule has 2 N–H and O–H groups in total. The normalized spacial score (nSPS) is 15.4. The van der Waals surface area contributed by atoms with Gasteiger partial charge in [0.25, 0.3) is 5.56 Å². The van der Waals surface area contributed by atoms with Crippen LogP contribution >= 0.6 is 0 Å². The molecular weight excluding hydrogens is 354 g/mol. The lowest BCUT2D eigenvalue weighted by molar-refractivity contribution is 0.201. The Hall–Kier alpha value is -2.85. The van der Waals surface area contributed by atoms with Crippen molar-refractivity contribution in [1.82, 2.24) is 14.9 Å². The number of benzene rings is 1. The Balaban J connectivity index is 1.86. The monoisotopic (exact) mass is 381 g/mol. The zero-order valence-corrected chi connectivity index (χ0v) is 16.7. The lowest BCUT2D eigenvalue weighted by Crippen LogP contribution is -2.42. The minimum Gasteiger partial charge on any atom is -0.497 e. The lowest BCUT2D eigenvalue weighted by Gasteiger charge is -2.31. The van der Waals surface area contributed by atoms with Crippen molar-refractivity contribution < 1.29 is 4.74 Å². The Bertz CT molecular complexity index is 892. The number of nitriles is 1. The van der Waals surface area contributed by atoms with Crippen LogP contribution in [0.25, 0.3) is 11.3 Å². The molecule has 7 nitrogen and oxygen atoms in total. The molecule has 1 aliphatic heterocycles. The Morgan fingerprint density at radius 2 is 1.96 bits per heavy atom. The van der Waals surface area contributed by atoms with Gasteiger partial charge < -0.3 is 10.1 Å². The average Bonchev–Trinajstić information content (AvgIpc) is 3.22. The van der Waals surface area contributed by atoms with Crippen LogP contribution in [0.5, 0.6) is 5.75 Å². The Morgan fingerprint density at radius 3 is 2.54 bits per heavy atom. The van der Waals surface area contributed by atoms with E-state index in [1.165, 1.54) is 12.8 Å². The third-order valence-corrected chi connectivity index (χ3v) is 5.25. The molecule has 148 valence electrons. The van der Waals surface area contributed by atoms with Crippen molar-refractivity contribution in [1.29, 1.82) is 5.26 Å². The van der Waals surface area contributed by atoms with E-state index < -0.39 is 5.56 Å². The average molecular weight is 381 g/mol. The number of nitrogens with one attached hydrogen (secondary N) is 2. The van der Waals surface area contributed by atoms with Gasteiger partial charge in [0, 0.05) is 18.2 Å². The summed E-state index contributed by atoms with van der Waals surface area (Å²) >= 11 is 0. The lowest BCUT2D eigenvalue weighted by atomic mass is 10.0. The fraction of sp³-hybridized carbons (Fsp3) is 0.476. The first-order valence-electron chi connectivity index (χ1n) is 9.70. The predicted molar refractivity (Wildman–Crippen MR) is 109 cm³/mol. The molecule has 7 heteroatoms. The van der Waals surface area contributed by atoms with Crippen molar-refractivity contribution in [3.05, 3.63) is 40.2 Å². The molecule has 0 aliphatic carbocycles. The third-order valence-electron chi connectivity index (χ3n) is 5.25. The van der Waals surface area contributed by atoms with E-state index in [-0.39, 0.29) is 5.56 Å². The number of hydrogen-bond acceptors (Lipinski definition) is 6. The molecule has 3 rings (SSSR count). The summed E-state index contributed by atoms with van der Waals surface area (Å²) < 4.78 is 5.17. The molecule has 1 saturated heterocycles. The van der Waals surface area contributed by atoms with Crippen molar-refractivity contribution in [3.63, 3.8) is 0 Å². The van der Waals surface area contributed by atoms with Crippen molar-refractivity contribution in [2.24, 2.45) is 5.92 Å². The molecule has 1 aliphatic rings. The van der Waals surface area contributed by atoms with Gasteiger partial charge in [0.1, 0.15) is 17.4 Å². The van der Waals surface area contributed by atoms with Gasteiger partial charge in [-0.1, -0.05) is 13.8 Å². The first kappa shape index (κ1) is 19.9. The minimum atomic E-state index is -0.437. The second-order valence-corrected chi connectivity index (χ2v) is 7.41. The number of rotatable bonds is 7. The van der Waals surface area contributed by atoms with E-state index in [0.717, 1.165) is 13.1 Å². The highest BCUT2D eigenvalue weighted by Crippen LogP contribution is 2.23. The maximum Gasteiger partial charge on any atom is 0.270 e. The largest absolute Gasteiger partial charge is 0.497 e. The van der Waals surface area contributed by atoms with E-state index in [0.29, 0.717) is 41.5 Å². The fourth-order valence-electron chi connectivity index (χ4n) is 3.68. The van der Waals surface area contributed by atoms with Crippen molar-refractivity contribution >= 4 is 5.95 Å². The summed E-state index contributed by atoms with van der Waals surface area (Å²) in [7, 11) is 1.59. The molecule has 1 atom stereocenters. The molecule has 0 bridgehead atoms. The van der Waals surface area contributed by atoms with Crippen molar-refractivity contribution in [2.45, 2.75) is 32.7 Å². The van der Waals surface area contributed by atoms with Crippen molar-refractivity contribution in [2.75, 3.05) is 32.1 Å². The Morgan fingerprint density at radius 1 is 1.29 bits per heavy atom. The molecule has 1 fully saturated rings. The summed E-state index contributed by atoms with van der Waals surface area (Å²) in [5.41, 5.74) is 0.647. The Labute approximate surface area is 165 Å². The molecule has 0 saturated carbocycles. The van der Waals surface area contributed by atoms with E-state index in [2.05, 4.69) is 34.0 Å². The summed E-state index contributed by atoms with van der Waals surface area (Å²) in [6.07, 6.45) is 2.47. The summed E-state index contributed by atoms with van der Waals surface area (Å²) in [5.74, 6) is 1.58. The number of H-pyrrole nitrogens is 1. The summed E-state index contributed by atoms with van der Waals surface area (Å²) in [5, 5.41) is 12.7. The molecule has 0 radical (unpaired) electrons. The molecule has 0 spiro atoms. The molecule has 1 aromatic heterocycles. The number of anilines is 1. The van der Waals surface area contributed by atoms with Gasteiger partial charge in [-0.25, -0.2) is 4.98 Å². The number of aromatic amines is 1. The van der Waals surface area contributed by atoms with Crippen LogP contribution < -0.4 is 15.6 Å². The van der Waals surface area contributed by atoms with Gasteiger partial charge >= 0.3 is 0 Å². The highest BCUT2D eigenvalue weighted by molar-refractivity contribution is 5.67. The number of aromatic nitrogens is 2. The van der Waals surface area contributed by atoms with E-state index in [9.17, 15) is 10.1 Å². The van der Waals surface area contributed by atoms with Crippen LogP contribution in [0, 0.1) is 17.2 Å². The summed E-state index contributed by atoms with van der Waals surface area (Å²) in [6.45, 7) is 7.33. The first-order chi connectivity index (χ1) is 13.5.